The second-order valence-corrected chi connectivity index (χ2v) is 6.59. The first-order valence-electron chi connectivity index (χ1n) is 8.99. The van der Waals surface area contributed by atoms with Crippen molar-refractivity contribution >= 4 is 11.8 Å². The fraction of sp³-hybridized carbons (Fsp3) is 0.190. The van der Waals surface area contributed by atoms with Gasteiger partial charge in [0.2, 0.25) is 5.91 Å². The van der Waals surface area contributed by atoms with Gasteiger partial charge in [0, 0.05) is 23.2 Å². The maximum Gasteiger partial charge on any atom is 0.252 e. The van der Waals surface area contributed by atoms with Crippen LogP contribution in [-0.2, 0) is 11.3 Å². The van der Waals surface area contributed by atoms with E-state index in [9.17, 15) is 9.59 Å². The van der Waals surface area contributed by atoms with Gasteiger partial charge in [0.1, 0.15) is 5.75 Å². The van der Waals surface area contributed by atoms with Gasteiger partial charge in [-0.1, -0.05) is 18.2 Å². The monoisotopic (exact) mass is 376 g/mol. The second-order valence-electron chi connectivity index (χ2n) is 6.59. The largest absolute Gasteiger partial charge is 0.497 e. The van der Waals surface area contributed by atoms with Gasteiger partial charge in [-0.25, -0.2) is 0 Å². The number of H-pyrrole nitrogens is 1. The molecule has 2 amide bonds. The number of aromatic amines is 1. The molecule has 1 atom stereocenters. The summed E-state index contributed by atoms with van der Waals surface area (Å²) >= 11 is 0. The normalized spacial score (nSPS) is 15.0. The summed E-state index contributed by atoms with van der Waals surface area (Å²) in [5.41, 5.74) is 4.19. The number of hydrogen-bond donors (Lipinski definition) is 3. The van der Waals surface area contributed by atoms with E-state index in [1.54, 1.807) is 19.4 Å². The number of benzene rings is 2. The smallest absolute Gasteiger partial charge is 0.252 e. The SMILES string of the molecule is COc1ccc(-c2[nH]ncc2CNC(=O)C[C@H]2NC(=O)c3ccccc32)cc1. The molecule has 7 nitrogen and oxygen atoms in total. The van der Waals surface area contributed by atoms with Crippen LogP contribution >= 0.6 is 0 Å². The number of nitrogens with one attached hydrogen (secondary N) is 3. The van der Waals surface area contributed by atoms with Crippen molar-refractivity contribution in [3.05, 3.63) is 71.4 Å². The Hall–Kier alpha value is -3.61. The van der Waals surface area contributed by atoms with Gasteiger partial charge in [0.25, 0.3) is 5.91 Å². The molecule has 7 heteroatoms. The topological polar surface area (TPSA) is 96.1 Å². The van der Waals surface area contributed by atoms with Crippen molar-refractivity contribution < 1.29 is 14.3 Å². The number of carbonyl (C=O) groups is 2. The Kier molecular flexibility index (Phi) is 4.80. The van der Waals surface area contributed by atoms with E-state index in [0.717, 1.165) is 28.1 Å². The number of aromatic nitrogens is 2. The number of carbonyl (C=O) groups excluding carboxylic acids is 2. The van der Waals surface area contributed by atoms with Crippen LogP contribution in [0.2, 0.25) is 0 Å². The quantitative estimate of drug-likeness (QED) is 0.616. The maximum atomic E-state index is 12.4. The van der Waals surface area contributed by atoms with Crippen molar-refractivity contribution in [1.29, 1.82) is 0 Å². The molecule has 0 bridgehead atoms. The van der Waals surface area contributed by atoms with Crippen LogP contribution in [0.3, 0.4) is 0 Å². The minimum atomic E-state index is -0.297. The van der Waals surface area contributed by atoms with E-state index in [-0.39, 0.29) is 24.3 Å². The number of fused-ring (bicyclic) bond motifs is 1. The Balaban J connectivity index is 1.40. The Bertz CT molecular complexity index is 1010. The highest BCUT2D eigenvalue weighted by Crippen LogP contribution is 2.27. The molecule has 28 heavy (non-hydrogen) atoms. The summed E-state index contributed by atoms with van der Waals surface area (Å²) in [7, 11) is 1.62. The van der Waals surface area contributed by atoms with Gasteiger partial charge in [-0.05, 0) is 35.9 Å². The van der Waals surface area contributed by atoms with Gasteiger partial charge in [0.15, 0.2) is 0 Å². The molecule has 3 N–H and O–H groups in total. The first-order chi connectivity index (χ1) is 13.7. The van der Waals surface area contributed by atoms with Crippen LogP contribution in [0, 0.1) is 0 Å². The van der Waals surface area contributed by atoms with E-state index in [2.05, 4.69) is 20.8 Å². The molecular weight excluding hydrogens is 356 g/mol. The van der Waals surface area contributed by atoms with Crippen molar-refractivity contribution in [2.75, 3.05) is 7.11 Å². The lowest BCUT2D eigenvalue weighted by atomic mass is 10.0. The maximum absolute atomic E-state index is 12.4. The average molecular weight is 376 g/mol. The summed E-state index contributed by atoms with van der Waals surface area (Å²) in [6.45, 7) is 0.346. The number of ether oxygens (including phenoxy) is 1. The fourth-order valence-electron chi connectivity index (χ4n) is 3.39. The summed E-state index contributed by atoms with van der Waals surface area (Å²) in [6, 6.07) is 14.7. The van der Waals surface area contributed by atoms with Crippen LogP contribution < -0.4 is 15.4 Å². The number of amides is 2. The van der Waals surface area contributed by atoms with Crippen molar-refractivity contribution in [2.45, 2.75) is 19.0 Å². The highest BCUT2D eigenvalue weighted by atomic mass is 16.5. The lowest BCUT2D eigenvalue weighted by Crippen LogP contribution is -2.28. The third-order valence-electron chi connectivity index (χ3n) is 4.85. The predicted molar refractivity (Wildman–Crippen MR) is 104 cm³/mol. The third-order valence-corrected chi connectivity index (χ3v) is 4.85. The molecule has 0 spiro atoms. The van der Waals surface area contributed by atoms with Crippen LogP contribution in [0.15, 0.2) is 54.7 Å². The van der Waals surface area contributed by atoms with Gasteiger partial charge in [-0.15, -0.1) is 0 Å². The molecule has 142 valence electrons. The molecule has 3 aromatic rings. The van der Waals surface area contributed by atoms with E-state index < -0.39 is 0 Å². The lowest BCUT2D eigenvalue weighted by molar-refractivity contribution is -0.121. The van der Waals surface area contributed by atoms with Crippen LogP contribution in [0.4, 0.5) is 0 Å². The van der Waals surface area contributed by atoms with Crippen molar-refractivity contribution in [2.24, 2.45) is 0 Å². The molecular formula is C21H20N4O3. The van der Waals surface area contributed by atoms with Gasteiger partial charge in [0.05, 0.1) is 31.5 Å². The van der Waals surface area contributed by atoms with Crippen molar-refractivity contribution in [3.8, 4) is 17.0 Å². The van der Waals surface area contributed by atoms with E-state index in [1.807, 2.05) is 42.5 Å². The molecule has 1 aliphatic rings. The van der Waals surface area contributed by atoms with Gasteiger partial charge in [-0.3, -0.25) is 14.7 Å². The number of methoxy groups -OCH3 is 1. The molecule has 0 unspecified atom stereocenters. The first-order valence-corrected chi connectivity index (χ1v) is 8.99. The summed E-state index contributed by atoms with van der Waals surface area (Å²) in [6.07, 6.45) is 1.89. The van der Waals surface area contributed by atoms with Gasteiger partial charge in [-0.2, -0.15) is 5.10 Å². The Morgan fingerprint density at radius 3 is 2.75 bits per heavy atom. The fourth-order valence-corrected chi connectivity index (χ4v) is 3.39. The zero-order chi connectivity index (χ0) is 19.5. The van der Waals surface area contributed by atoms with Crippen LogP contribution in [-0.4, -0.2) is 29.1 Å². The van der Waals surface area contributed by atoms with E-state index >= 15 is 0 Å². The minimum absolute atomic E-state index is 0.134. The molecule has 0 fully saturated rings. The van der Waals surface area contributed by atoms with Crippen LogP contribution in [0.5, 0.6) is 5.75 Å². The van der Waals surface area contributed by atoms with Crippen LogP contribution in [0.25, 0.3) is 11.3 Å². The Morgan fingerprint density at radius 2 is 1.96 bits per heavy atom. The van der Waals surface area contributed by atoms with Gasteiger partial charge < -0.3 is 15.4 Å². The average Bonchev–Trinajstić information content (AvgIpc) is 3.32. The second kappa shape index (κ2) is 7.56. The Morgan fingerprint density at radius 1 is 1.18 bits per heavy atom. The van der Waals surface area contributed by atoms with Gasteiger partial charge >= 0.3 is 0 Å². The molecule has 4 rings (SSSR count). The molecule has 0 aliphatic carbocycles. The molecule has 2 heterocycles. The highest BCUT2D eigenvalue weighted by Gasteiger charge is 2.29. The molecule has 1 aliphatic heterocycles. The summed E-state index contributed by atoms with van der Waals surface area (Å²) in [5, 5.41) is 12.9. The zero-order valence-electron chi connectivity index (χ0n) is 15.4. The lowest BCUT2D eigenvalue weighted by Gasteiger charge is -2.12. The number of rotatable bonds is 6. The molecule has 1 aromatic heterocycles. The highest BCUT2D eigenvalue weighted by molar-refractivity contribution is 5.99. The zero-order valence-corrected chi connectivity index (χ0v) is 15.4. The standard InChI is InChI=1S/C21H20N4O3/c1-28-15-8-6-13(7-9-15)20-14(12-23-25-20)11-22-19(26)10-18-16-4-2-3-5-17(16)21(27)24-18/h2-9,12,18H,10-11H2,1H3,(H,22,26)(H,23,25)(H,24,27)/t18-/m1/s1. The minimum Gasteiger partial charge on any atom is -0.497 e. The van der Waals surface area contributed by atoms with Crippen LogP contribution in [0.1, 0.15) is 33.9 Å². The molecule has 2 aromatic carbocycles. The molecule has 0 saturated heterocycles. The molecule has 0 saturated carbocycles. The number of nitrogens with zero attached hydrogens (tertiary/aromatic N) is 1. The van der Waals surface area contributed by atoms with E-state index in [0.29, 0.717) is 12.1 Å². The first kappa shape index (κ1) is 17.8. The summed E-state index contributed by atoms with van der Waals surface area (Å²) in [5.74, 6) is 0.505. The summed E-state index contributed by atoms with van der Waals surface area (Å²) in [4.78, 5) is 24.4. The predicted octanol–water partition coefficient (Wildman–Crippen LogP) is 2.58. The summed E-state index contributed by atoms with van der Waals surface area (Å²) < 4.78 is 5.18. The number of hydrogen-bond acceptors (Lipinski definition) is 4. The van der Waals surface area contributed by atoms with E-state index in [1.165, 1.54) is 0 Å². The third kappa shape index (κ3) is 3.46. The van der Waals surface area contributed by atoms with Crippen molar-refractivity contribution in [1.82, 2.24) is 20.8 Å². The van der Waals surface area contributed by atoms with E-state index in [4.69, 9.17) is 4.74 Å². The van der Waals surface area contributed by atoms with Crippen molar-refractivity contribution in [3.63, 3.8) is 0 Å². The Labute approximate surface area is 162 Å². The molecule has 0 radical (unpaired) electrons.